The molecule has 2 aromatic heterocycles. The maximum Gasteiger partial charge on any atom is 0.255 e. The molecule has 0 fully saturated rings. The van der Waals surface area contributed by atoms with Crippen molar-refractivity contribution < 1.29 is 14.3 Å². The minimum Gasteiger partial charge on any atom is -0.496 e. The van der Waals surface area contributed by atoms with Crippen LogP contribution in [0.25, 0.3) is 10.9 Å². The number of carbonyl (C=O) groups is 2. The number of rotatable bonds is 11. The van der Waals surface area contributed by atoms with Crippen molar-refractivity contribution in [1.82, 2.24) is 20.1 Å². The van der Waals surface area contributed by atoms with Gasteiger partial charge in [0.2, 0.25) is 11.0 Å². The number of methoxy groups -OCH3 is 1. The van der Waals surface area contributed by atoms with Gasteiger partial charge in [-0.15, -0.1) is 22.0 Å². The molecule has 0 aliphatic heterocycles. The van der Waals surface area contributed by atoms with Crippen molar-refractivity contribution in [3.8, 4) is 5.75 Å². The number of anilines is 1. The van der Waals surface area contributed by atoms with Crippen LogP contribution in [-0.4, -0.2) is 51.7 Å². The van der Waals surface area contributed by atoms with Gasteiger partial charge in [-0.1, -0.05) is 60.4 Å². The van der Waals surface area contributed by atoms with Crippen molar-refractivity contribution in [2.24, 2.45) is 0 Å². The highest BCUT2D eigenvalue weighted by molar-refractivity contribution is 8.01. The highest BCUT2D eigenvalue weighted by Crippen LogP contribution is 2.30. The number of carbonyl (C=O) groups excluding carboxylic acids is 2. The topological polar surface area (TPSA) is 98.1 Å². The van der Waals surface area contributed by atoms with Crippen LogP contribution < -0.4 is 15.4 Å². The van der Waals surface area contributed by atoms with Crippen molar-refractivity contribution in [2.45, 2.75) is 22.7 Å². The Morgan fingerprint density at radius 2 is 1.89 bits per heavy atom. The average Bonchev–Trinajstić information content (AvgIpc) is 3.47. The molecule has 2 heterocycles. The van der Waals surface area contributed by atoms with E-state index >= 15 is 0 Å². The number of nitrogens with zero attached hydrogens (tertiary/aromatic N) is 3. The van der Waals surface area contributed by atoms with Crippen LogP contribution in [0, 0.1) is 0 Å². The fraction of sp³-hybridized carbons (Fsp3) is 0.250. The Morgan fingerprint density at radius 3 is 2.71 bits per heavy atom. The Hall–Kier alpha value is -3.02. The average molecular weight is 528 g/mol. The van der Waals surface area contributed by atoms with Gasteiger partial charge in [0.25, 0.3) is 5.91 Å². The third kappa shape index (κ3) is 6.36. The standard InChI is InChI=1S/C24H25N5O3S3/c1-3-33-24-28-27-23(35-24)26-21(30)15-34-20-14-29(18-10-6-4-8-16(18)20)13-12-25-22(31)17-9-5-7-11-19(17)32-2/h4-11,14H,3,12-13,15H2,1-2H3,(H,25,31)(H,26,27,30). The van der Waals surface area contributed by atoms with Crippen LogP contribution in [-0.2, 0) is 11.3 Å². The van der Waals surface area contributed by atoms with E-state index in [2.05, 4.69) is 25.4 Å². The van der Waals surface area contributed by atoms with Gasteiger partial charge >= 0.3 is 0 Å². The summed E-state index contributed by atoms with van der Waals surface area (Å²) < 4.78 is 8.22. The van der Waals surface area contributed by atoms with Crippen molar-refractivity contribution in [1.29, 1.82) is 0 Å². The monoisotopic (exact) mass is 527 g/mol. The van der Waals surface area contributed by atoms with E-state index < -0.39 is 0 Å². The third-order valence-corrected chi connectivity index (χ3v) is 7.92. The van der Waals surface area contributed by atoms with Gasteiger partial charge in [-0.2, -0.15) is 0 Å². The minimum absolute atomic E-state index is 0.125. The maximum absolute atomic E-state index is 12.6. The minimum atomic E-state index is -0.178. The van der Waals surface area contributed by atoms with E-state index in [1.807, 2.05) is 49.5 Å². The number of benzene rings is 2. The van der Waals surface area contributed by atoms with Crippen LogP contribution in [0.1, 0.15) is 17.3 Å². The largest absolute Gasteiger partial charge is 0.496 e. The van der Waals surface area contributed by atoms with Gasteiger partial charge in [-0.05, 0) is 24.0 Å². The number of ether oxygens (including phenoxy) is 1. The summed E-state index contributed by atoms with van der Waals surface area (Å²) in [6.07, 6.45) is 2.03. The molecule has 0 spiro atoms. The molecule has 4 rings (SSSR count). The molecule has 35 heavy (non-hydrogen) atoms. The second-order valence-corrected chi connectivity index (χ2v) is 10.8. The number of hydrogen-bond donors (Lipinski definition) is 2. The molecule has 0 unspecified atom stereocenters. The zero-order valence-corrected chi connectivity index (χ0v) is 21.8. The highest BCUT2D eigenvalue weighted by Gasteiger charge is 2.14. The number of amides is 2. The lowest BCUT2D eigenvalue weighted by atomic mass is 10.2. The molecule has 0 saturated heterocycles. The molecule has 0 aliphatic rings. The molecule has 0 atom stereocenters. The van der Waals surface area contributed by atoms with Crippen molar-refractivity contribution in [3.63, 3.8) is 0 Å². The first-order valence-electron chi connectivity index (χ1n) is 11.0. The fourth-order valence-corrected chi connectivity index (χ4v) is 6.02. The van der Waals surface area contributed by atoms with E-state index in [0.717, 1.165) is 25.9 Å². The summed E-state index contributed by atoms with van der Waals surface area (Å²) in [7, 11) is 1.55. The zero-order chi connectivity index (χ0) is 24.6. The molecule has 0 bridgehead atoms. The molecule has 0 aliphatic carbocycles. The Balaban J connectivity index is 1.37. The number of aromatic nitrogens is 3. The van der Waals surface area contributed by atoms with Crippen LogP contribution in [0.3, 0.4) is 0 Å². The second kappa shape index (κ2) is 12.1. The lowest BCUT2D eigenvalue weighted by Gasteiger charge is -2.10. The van der Waals surface area contributed by atoms with Gasteiger partial charge in [0.1, 0.15) is 5.75 Å². The molecule has 2 aromatic carbocycles. The SMILES string of the molecule is CCSc1nnc(NC(=O)CSc2cn(CCNC(=O)c3ccccc3OC)c3ccccc23)s1. The quantitative estimate of drug-likeness (QED) is 0.214. The first-order valence-corrected chi connectivity index (χ1v) is 13.8. The molecule has 0 radical (unpaired) electrons. The van der Waals surface area contributed by atoms with Crippen molar-refractivity contribution in [2.75, 3.05) is 30.5 Å². The number of para-hydroxylation sites is 2. The number of nitrogens with one attached hydrogen (secondary N) is 2. The molecule has 0 saturated carbocycles. The van der Waals surface area contributed by atoms with Crippen LogP contribution in [0.5, 0.6) is 5.75 Å². The van der Waals surface area contributed by atoms with Gasteiger partial charge in [0.15, 0.2) is 4.34 Å². The smallest absolute Gasteiger partial charge is 0.255 e. The summed E-state index contributed by atoms with van der Waals surface area (Å²) >= 11 is 4.45. The number of thioether (sulfide) groups is 2. The van der Waals surface area contributed by atoms with Crippen LogP contribution in [0.15, 0.2) is 64.0 Å². The fourth-order valence-electron chi connectivity index (χ4n) is 3.47. The van der Waals surface area contributed by atoms with Crippen molar-refractivity contribution in [3.05, 3.63) is 60.3 Å². The molecular weight excluding hydrogens is 502 g/mol. The van der Waals surface area contributed by atoms with E-state index in [0.29, 0.717) is 29.5 Å². The second-order valence-electron chi connectivity index (χ2n) is 7.30. The predicted octanol–water partition coefficient (Wildman–Crippen LogP) is 4.77. The first-order chi connectivity index (χ1) is 17.1. The van der Waals surface area contributed by atoms with Gasteiger partial charge in [-0.3, -0.25) is 14.9 Å². The number of hydrogen-bond acceptors (Lipinski definition) is 8. The van der Waals surface area contributed by atoms with E-state index in [1.54, 1.807) is 31.0 Å². The third-order valence-electron chi connectivity index (χ3n) is 5.02. The molecule has 182 valence electrons. The highest BCUT2D eigenvalue weighted by atomic mass is 32.2. The van der Waals surface area contributed by atoms with E-state index in [9.17, 15) is 9.59 Å². The van der Waals surface area contributed by atoms with Crippen molar-refractivity contribution >= 4 is 62.7 Å². The van der Waals surface area contributed by atoms with E-state index in [1.165, 1.54) is 23.1 Å². The summed E-state index contributed by atoms with van der Waals surface area (Å²) in [4.78, 5) is 26.1. The van der Waals surface area contributed by atoms with Gasteiger partial charge in [-0.25, -0.2) is 0 Å². The van der Waals surface area contributed by atoms with E-state index in [4.69, 9.17) is 4.74 Å². The predicted molar refractivity (Wildman–Crippen MR) is 143 cm³/mol. The normalized spacial score (nSPS) is 10.9. The lowest BCUT2D eigenvalue weighted by Crippen LogP contribution is -2.27. The van der Waals surface area contributed by atoms with Gasteiger partial charge < -0.3 is 14.6 Å². The summed E-state index contributed by atoms with van der Waals surface area (Å²) in [6.45, 7) is 3.10. The molecule has 2 N–H and O–H groups in total. The Kier molecular flexibility index (Phi) is 8.67. The molecule has 8 nitrogen and oxygen atoms in total. The molecular formula is C24H25N5O3S3. The Bertz CT molecular complexity index is 1320. The summed E-state index contributed by atoms with van der Waals surface area (Å²) in [5.41, 5.74) is 1.55. The van der Waals surface area contributed by atoms with E-state index in [-0.39, 0.29) is 17.6 Å². The van der Waals surface area contributed by atoms with Crippen LogP contribution in [0.4, 0.5) is 5.13 Å². The maximum atomic E-state index is 12.6. The van der Waals surface area contributed by atoms with Gasteiger partial charge in [0.05, 0.1) is 18.4 Å². The molecule has 11 heteroatoms. The first kappa shape index (κ1) is 25.1. The Morgan fingerprint density at radius 1 is 1.09 bits per heavy atom. The van der Waals surface area contributed by atoms with Crippen LogP contribution >= 0.6 is 34.9 Å². The lowest BCUT2D eigenvalue weighted by molar-refractivity contribution is -0.113. The summed E-state index contributed by atoms with van der Waals surface area (Å²) in [5, 5.41) is 15.5. The summed E-state index contributed by atoms with van der Waals surface area (Å²) in [6, 6.07) is 15.2. The summed E-state index contributed by atoms with van der Waals surface area (Å²) in [5.74, 6) is 1.41. The van der Waals surface area contributed by atoms with Gasteiger partial charge in [0, 0.05) is 35.1 Å². The zero-order valence-electron chi connectivity index (χ0n) is 19.3. The van der Waals surface area contributed by atoms with Crippen LogP contribution in [0.2, 0.25) is 0 Å². The molecule has 4 aromatic rings. The Labute approximate surface area is 215 Å². The number of fused-ring (bicyclic) bond motifs is 1. The molecule has 2 amide bonds.